The zero-order valence-corrected chi connectivity index (χ0v) is 12.2. The van der Waals surface area contributed by atoms with Crippen LogP contribution in [0.3, 0.4) is 0 Å². The lowest BCUT2D eigenvalue weighted by molar-refractivity contribution is -0.142. The van der Waals surface area contributed by atoms with Crippen molar-refractivity contribution in [3.63, 3.8) is 0 Å². The van der Waals surface area contributed by atoms with Gasteiger partial charge in [-0.15, -0.1) is 11.3 Å². The monoisotopic (exact) mass is 294 g/mol. The Morgan fingerprint density at radius 3 is 2.85 bits per heavy atom. The zero-order valence-electron chi connectivity index (χ0n) is 11.4. The number of nitrogens with zero attached hydrogens (tertiary/aromatic N) is 1. The molecule has 1 saturated carbocycles. The number of hydrogen-bond acceptors (Lipinski definition) is 3. The second kappa shape index (κ2) is 4.77. The highest BCUT2D eigenvalue weighted by Crippen LogP contribution is 2.35. The molecule has 2 aliphatic rings. The van der Waals surface area contributed by atoms with Gasteiger partial charge in [0.25, 0.3) is 0 Å². The van der Waals surface area contributed by atoms with E-state index in [1.807, 2.05) is 18.4 Å². The molecular formula is C14H18N2O3S. The van der Waals surface area contributed by atoms with Gasteiger partial charge in [-0.25, -0.2) is 9.59 Å². The summed E-state index contributed by atoms with van der Waals surface area (Å²) >= 11 is 1.57. The predicted octanol–water partition coefficient (Wildman–Crippen LogP) is 2.38. The van der Waals surface area contributed by atoms with E-state index in [0.29, 0.717) is 6.54 Å². The largest absolute Gasteiger partial charge is 0.479 e. The number of thiophene rings is 1. The van der Waals surface area contributed by atoms with Crippen molar-refractivity contribution in [1.82, 2.24) is 10.2 Å². The molecular weight excluding hydrogens is 276 g/mol. The highest BCUT2D eigenvalue weighted by Gasteiger charge is 2.40. The average molecular weight is 294 g/mol. The van der Waals surface area contributed by atoms with Crippen molar-refractivity contribution in [2.45, 2.75) is 44.2 Å². The summed E-state index contributed by atoms with van der Waals surface area (Å²) in [5, 5.41) is 14.4. The summed E-state index contributed by atoms with van der Waals surface area (Å²) in [6, 6.07) is 0.716. The fourth-order valence-corrected chi connectivity index (χ4v) is 3.87. The molecule has 1 aliphatic heterocycles. The molecule has 1 fully saturated rings. The SMILES string of the molecule is CC1(NC(=O)N2CCc3sccc3C2C(=O)O)CCC1. The minimum absolute atomic E-state index is 0.158. The van der Waals surface area contributed by atoms with Crippen molar-refractivity contribution in [1.29, 1.82) is 0 Å². The van der Waals surface area contributed by atoms with Crippen LogP contribution in [-0.2, 0) is 11.2 Å². The summed E-state index contributed by atoms with van der Waals surface area (Å²) in [4.78, 5) is 26.5. The number of carboxylic acid groups (broad SMARTS) is 1. The van der Waals surface area contributed by atoms with Crippen molar-refractivity contribution in [3.8, 4) is 0 Å². The minimum Gasteiger partial charge on any atom is -0.479 e. The normalized spacial score (nSPS) is 23.6. The van der Waals surface area contributed by atoms with E-state index in [-0.39, 0.29) is 11.6 Å². The molecule has 3 rings (SSSR count). The summed E-state index contributed by atoms with van der Waals surface area (Å²) in [6.45, 7) is 2.48. The third-order valence-electron chi connectivity index (χ3n) is 4.33. The number of carbonyl (C=O) groups excluding carboxylic acids is 1. The molecule has 1 atom stereocenters. The van der Waals surface area contributed by atoms with Crippen LogP contribution in [0.1, 0.15) is 42.7 Å². The van der Waals surface area contributed by atoms with Crippen molar-refractivity contribution in [2.75, 3.05) is 6.54 Å². The molecule has 0 saturated heterocycles. The Morgan fingerprint density at radius 2 is 2.25 bits per heavy atom. The molecule has 1 aliphatic carbocycles. The van der Waals surface area contributed by atoms with Gasteiger partial charge in [0, 0.05) is 17.0 Å². The first-order valence-electron chi connectivity index (χ1n) is 6.88. The Balaban J connectivity index is 1.82. The van der Waals surface area contributed by atoms with Gasteiger partial charge in [-0.1, -0.05) is 0 Å². The molecule has 108 valence electrons. The third-order valence-corrected chi connectivity index (χ3v) is 5.32. The summed E-state index contributed by atoms with van der Waals surface area (Å²) in [5.74, 6) is -0.960. The molecule has 0 spiro atoms. The van der Waals surface area contributed by atoms with E-state index in [0.717, 1.165) is 36.1 Å². The van der Waals surface area contributed by atoms with Gasteiger partial charge >= 0.3 is 12.0 Å². The lowest BCUT2D eigenvalue weighted by Gasteiger charge is -2.42. The van der Waals surface area contributed by atoms with Crippen LogP contribution in [-0.4, -0.2) is 34.1 Å². The molecule has 20 heavy (non-hydrogen) atoms. The summed E-state index contributed by atoms with van der Waals surface area (Å²) in [7, 11) is 0. The Kier molecular flexibility index (Phi) is 3.20. The first-order chi connectivity index (χ1) is 9.50. The number of nitrogens with one attached hydrogen (secondary N) is 1. The molecule has 2 heterocycles. The maximum Gasteiger partial charge on any atom is 0.331 e. The van der Waals surface area contributed by atoms with Gasteiger partial charge in [0.05, 0.1) is 0 Å². The smallest absolute Gasteiger partial charge is 0.331 e. The van der Waals surface area contributed by atoms with E-state index in [1.54, 1.807) is 11.3 Å². The fraction of sp³-hybridized carbons (Fsp3) is 0.571. The standard InChI is InChI=1S/C14H18N2O3S/c1-14(5-2-6-14)15-13(19)16-7-3-10-9(4-8-20-10)11(16)12(17)18/h4,8,11H,2-3,5-7H2,1H3,(H,15,19)(H,17,18). The first kappa shape index (κ1) is 13.4. The van der Waals surface area contributed by atoms with Gasteiger partial charge in [-0.3, -0.25) is 0 Å². The van der Waals surface area contributed by atoms with Crippen molar-refractivity contribution in [2.24, 2.45) is 0 Å². The molecule has 6 heteroatoms. The number of amides is 2. The van der Waals surface area contributed by atoms with Crippen LogP contribution in [0.15, 0.2) is 11.4 Å². The molecule has 1 aromatic rings. The van der Waals surface area contributed by atoms with Crippen LogP contribution in [0.2, 0.25) is 0 Å². The van der Waals surface area contributed by atoms with Crippen LogP contribution >= 0.6 is 11.3 Å². The van der Waals surface area contributed by atoms with E-state index < -0.39 is 12.0 Å². The summed E-state index contributed by atoms with van der Waals surface area (Å²) in [6.07, 6.45) is 3.79. The van der Waals surface area contributed by atoms with Gasteiger partial charge in [0.15, 0.2) is 6.04 Å². The van der Waals surface area contributed by atoms with Crippen LogP contribution in [0.4, 0.5) is 4.79 Å². The lowest BCUT2D eigenvalue weighted by Crippen LogP contribution is -2.57. The summed E-state index contributed by atoms with van der Waals surface area (Å²) < 4.78 is 0. The summed E-state index contributed by atoms with van der Waals surface area (Å²) in [5.41, 5.74) is 0.609. The fourth-order valence-electron chi connectivity index (χ4n) is 2.96. The molecule has 1 unspecified atom stereocenters. The van der Waals surface area contributed by atoms with Crippen LogP contribution in [0.25, 0.3) is 0 Å². The Bertz CT molecular complexity index is 550. The number of hydrogen-bond donors (Lipinski definition) is 2. The topological polar surface area (TPSA) is 69.6 Å². The van der Waals surface area contributed by atoms with Crippen LogP contribution in [0.5, 0.6) is 0 Å². The molecule has 1 aromatic heterocycles. The lowest BCUT2D eigenvalue weighted by atomic mass is 9.79. The molecule has 0 bridgehead atoms. The number of urea groups is 1. The van der Waals surface area contributed by atoms with E-state index in [9.17, 15) is 14.7 Å². The Labute approximate surface area is 121 Å². The van der Waals surface area contributed by atoms with E-state index in [4.69, 9.17) is 0 Å². The van der Waals surface area contributed by atoms with E-state index in [2.05, 4.69) is 5.32 Å². The van der Waals surface area contributed by atoms with Gasteiger partial charge in [0.2, 0.25) is 0 Å². The molecule has 0 radical (unpaired) electrons. The van der Waals surface area contributed by atoms with Gasteiger partial charge in [-0.05, 0) is 49.6 Å². The molecule has 2 N–H and O–H groups in total. The van der Waals surface area contributed by atoms with Gasteiger partial charge in [0.1, 0.15) is 0 Å². The number of carbonyl (C=O) groups is 2. The van der Waals surface area contributed by atoms with E-state index in [1.165, 1.54) is 4.90 Å². The highest BCUT2D eigenvalue weighted by atomic mass is 32.1. The number of carboxylic acids is 1. The first-order valence-corrected chi connectivity index (χ1v) is 7.76. The number of aliphatic carboxylic acids is 1. The van der Waals surface area contributed by atoms with Gasteiger partial charge in [-0.2, -0.15) is 0 Å². The van der Waals surface area contributed by atoms with Crippen LogP contribution in [0, 0.1) is 0 Å². The average Bonchev–Trinajstić information content (AvgIpc) is 2.83. The Morgan fingerprint density at radius 1 is 1.50 bits per heavy atom. The molecule has 2 amide bonds. The minimum atomic E-state index is -0.960. The zero-order chi connectivity index (χ0) is 14.3. The predicted molar refractivity (Wildman–Crippen MR) is 75.9 cm³/mol. The third kappa shape index (κ3) is 2.18. The second-order valence-corrected chi connectivity index (χ2v) is 6.83. The van der Waals surface area contributed by atoms with Crippen molar-refractivity contribution < 1.29 is 14.7 Å². The Hall–Kier alpha value is -1.56. The van der Waals surface area contributed by atoms with Crippen LogP contribution < -0.4 is 5.32 Å². The second-order valence-electron chi connectivity index (χ2n) is 5.83. The van der Waals surface area contributed by atoms with Crippen molar-refractivity contribution in [3.05, 3.63) is 21.9 Å². The number of rotatable bonds is 2. The maximum atomic E-state index is 12.4. The maximum absolute atomic E-state index is 12.4. The van der Waals surface area contributed by atoms with Crippen molar-refractivity contribution >= 4 is 23.3 Å². The molecule has 0 aromatic carbocycles. The van der Waals surface area contributed by atoms with Gasteiger partial charge < -0.3 is 15.3 Å². The highest BCUT2D eigenvalue weighted by molar-refractivity contribution is 7.10. The molecule has 5 nitrogen and oxygen atoms in total. The quantitative estimate of drug-likeness (QED) is 0.880. The van der Waals surface area contributed by atoms with E-state index >= 15 is 0 Å². The number of fused-ring (bicyclic) bond motifs is 1.